The molecule has 0 fully saturated rings. The van der Waals surface area contributed by atoms with Crippen LogP contribution in [0.2, 0.25) is 0 Å². The zero-order chi connectivity index (χ0) is 14.9. The molecule has 108 valence electrons. The van der Waals surface area contributed by atoms with Gasteiger partial charge in [-0.15, -0.1) is 0 Å². The fourth-order valence-corrected chi connectivity index (χ4v) is 2.75. The molecule has 0 amide bonds. The topological polar surface area (TPSA) is 32.3 Å². The number of para-hydroxylation sites is 1. The van der Waals surface area contributed by atoms with E-state index in [1.54, 1.807) is 0 Å². The molecule has 0 atom stereocenters. The van der Waals surface area contributed by atoms with Crippen LogP contribution in [0.3, 0.4) is 0 Å². The Kier molecular flexibility index (Phi) is 3.00. The van der Waals surface area contributed by atoms with Crippen molar-refractivity contribution in [1.29, 1.82) is 0 Å². The van der Waals surface area contributed by atoms with E-state index in [2.05, 4.69) is 34.0 Å². The Balaban J connectivity index is 1.77. The summed E-state index contributed by atoms with van der Waals surface area (Å²) in [5.41, 5.74) is 3.24. The number of nitrogens with zero attached hydrogens (tertiary/aromatic N) is 4. The highest BCUT2D eigenvalue weighted by molar-refractivity contribution is 5.80. The average molecular weight is 288 g/mol. The van der Waals surface area contributed by atoms with E-state index in [0.717, 1.165) is 35.2 Å². The minimum Gasteiger partial charge on any atom is -0.340 e. The first kappa shape index (κ1) is 12.8. The van der Waals surface area contributed by atoms with E-state index in [1.807, 2.05) is 54.7 Å². The molecule has 1 aliphatic rings. The quantitative estimate of drug-likeness (QED) is 0.720. The lowest BCUT2D eigenvalue weighted by Crippen LogP contribution is -2.24. The van der Waals surface area contributed by atoms with Crippen LogP contribution in [0.15, 0.2) is 66.9 Å². The third kappa shape index (κ3) is 2.09. The molecule has 4 rings (SSSR count). The van der Waals surface area contributed by atoms with Crippen molar-refractivity contribution in [2.45, 2.75) is 0 Å². The third-order valence-corrected chi connectivity index (χ3v) is 3.86. The van der Waals surface area contributed by atoms with Gasteiger partial charge in [0.1, 0.15) is 5.69 Å². The van der Waals surface area contributed by atoms with E-state index >= 15 is 0 Å². The van der Waals surface area contributed by atoms with E-state index in [1.165, 1.54) is 0 Å². The molecule has 0 radical (unpaired) electrons. The van der Waals surface area contributed by atoms with E-state index in [4.69, 9.17) is 4.98 Å². The van der Waals surface area contributed by atoms with Crippen LogP contribution >= 0.6 is 0 Å². The molecule has 22 heavy (non-hydrogen) atoms. The first-order valence-corrected chi connectivity index (χ1v) is 7.29. The Morgan fingerprint density at radius 3 is 2.32 bits per heavy atom. The predicted molar refractivity (Wildman–Crippen MR) is 89.3 cm³/mol. The largest absolute Gasteiger partial charge is 0.340 e. The van der Waals surface area contributed by atoms with E-state index in [9.17, 15) is 0 Å². The maximum atomic E-state index is 4.75. The predicted octanol–water partition coefficient (Wildman–Crippen LogP) is 3.69. The van der Waals surface area contributed by atoms with Crippen LogP contribution in [0.4, 0.5) is 17.2 Å². The first-order valence-electron chi connectivity index (χ1n) is 7.29. The molecule has 0 aliphatic carbocycles. The van der Waals surface area contributed by atoms with Crippen molar-refractivity contribution in [3.63, 3.8) is 0 Å². The van der Waals surface area contributed by atoms with Crippen molar-refractivity contribution in [3.05, 3.63) is 66.9 Å². The highest BCUT2D eigenvalue weighted by Gasteiger charge is 2.26. The molecule has 0 saturated carbocycles. The first-order chi connectivity index (χ1) is 10.8. The summed E-state index contributed by atoms with van der Waals surface area (Å²) in [6.07, 6.45) is 1.92. The van der Waals surface area contributed by atoms with Gasteiger partial charge in [0.05, 0.1) is 12.9 Å². The molecule has 0 N–H and O–H groups in total. The summed E-state index contributed by atoms with van der Waals surface area (Å²) in [4.78, 5) is 13.7. The molecule has 0 spiro atoms. The zero-order valence-corrected chi connectivity index (χ0v) is 12.3. The van der Waals surface area contributed by atoms with Crippen LogP contribution in [0.25, 0.3) is 11.4 Å². The second kappa shape index (κ2) is 5.15. The van der Waals surface area contributed by atoms with Gasteiger partial charge in [0, 0.05) is 18.3 Å². The summed E-state index contributed by atoms with van der Waals surface area (Å²) in [6.45, 7) is 0.784. The molecule has 4 heteroatoms. The lowest BCUT2D eigenvalue weighted by Gasteiger charge is -2.18. The van der Waals surface area contributed by atoms with Crippen molar-refractivity contribution in [2.75, 3.05) is 23.5 Å². The Morgan fingerprint density at radius 1 is 0.909 bits per heavy atom. The molecule has 0 unspecified atom stereocenters. The fraction of sp³-hybridized carbons (Fsp3) is 0.111. The van der Waals surface area contributed by atoms with Crippen LogP contribution in [-0.2, 0) is 0 Å². The maximum absolute atomic E-state index is 4.75. The van der Waals surface area contributed by atoms with E-state index in [0.29, 0.717) is 0 Å². The van der Waals surface area contributed by atoms with Crippen LogP contribution in [-0.4, -0.2) is 23.7 Å². The molecule has 1 aliphatic heterocycles. The van der Waals surface area contributed by atoms with Gasteiger partial charge in [0.25, 0.3) is 0 Å². The van der Waals surface area contributed by atoms with Crippen LogP contribution in [0, 0.1) is 0 Å². The molecule has 1 aromatic heterocycles. The standard InChI is InChI=1S/C18H16N4/c1-21-13-22(15-10-6-3-7-11-15)16-12-19-17(20-18(16)21)14-8-4-2-5-9-14/h2-12H,13H2,1H3. The normalized spacial score (nSPS) is 13.3. The van der Waals surface area contributed by atoms with Gasteiger partial charge in [-0.2, -0.15) is 0 Å². The third-order valence-electron chi connectivity index (χ3n) is 3.86. The Labute approximate surface area is 129 Å². The summed E-state index contributed by atoms with van der Waals surface area (Å²) >= 11 is 0. The number of aromatic nitrogens is 2. The smallest absolute Gasteiger partial charge is 0.161 e. The van der Waals surface area contributed by atoms with Gasteiger partial charge >= 0.3 is 0 Å². The number of benzene rings is 2. The number of hydrogen-bond donors (Lipinski definition) is 0. The summed E-state index contributed by atoms with van der Waals surface area (Å²) in [5.74, 6) is 1.74. The highest BCUT2D eigenvalue weighted by Crippen LogP contribution is 2.38. The summed E-state index contributed by atoms with van der Waals surface area (Å²) in [6, 6.07) is 20.4. The fourth-order valence-electron chi connectivity index (χ4n) is 2.75. The Bertz CT molecular complexity index is 787. The van der Waals surface area contributed by atoms with E-state index in [-0.39, 0.29) is 0 Å². The van der Waals surface area contributed by atoms with Gasteiger partial charge in [-0.3, -0.25) is 0 Å². The highest BCUT2D eigenvalue weighted by atomic mass is 15.4. The van der Waals surface area contributed by atoms with Crippen molar-refractivity contribution < 1.29 is 0 Å². The van der Waals surface area contributed by atoms with Crippen molar-refractivity contribution >= 4 is 17.2 Å². The van der Waals surface area contributed by atoms with Gasteiger partial charge in [-0.25, -0.2) is 9.97 Å². The van der Waals surface area contributed by atoms with Crippen molar-refractivity contribution in [1.82, 2.24) is 9.97 Å². The minimum atomic E-state index is 0.765. The molecule has 0 saturated heterocycles. The second-order valence-electron chi connectivity index (χ2n) is 5.37. The monoisotopic (exact) mass is 288 g/mol. The number of anilines is 3. The van der Waals surface area contributed by atoms with Gasteiger partial charge in [-0.05, 0) is 12.1 Å². The summed E-state index contributed by atoms with van der Waals surface area (Å²) < 4.78 is 0. The summed E-state index contributed by atoms with van der Waals surface area (Å²) in [5, 5.41) is 0. The zero-order valence-electron chi connectivity index (χ0n) is 12.3. The van der Waals surface area contributed by atoms with Crippen LogP contribution in [0.1, 0.15) is 0 Å². The van der Waals surface area contributed by atoms with Gasteiger partial charge in [0.15, 0.2) is 11.6 Å². The van der Waals surface area contributed by atoms with Crippen molar-refractivity contribution in [3.8, 4) is 11.4 Å². The van der Waals surface area contributed by atoms with Crippen LogP contribution < -0.4 is 9.80 Å². The van der Waals surface area contributed by atoms with Gasteiger partial charge in [-0.1, -0.05) is 48.5 Å². The lowest BCUT2D eigenvalue weighted by molar-refractivity contribution is 0.938. The molecule has 0 bridgehead atoms. The lowest BCUT2D eigenvalue weighted by atomic mass is 10.2. The Morgan fingerprint density at radius 2 is 1.59 bits per heavy atom. The number of fused-ring (bicyclic) bond motifs is 1. The molecule has 3 aromatic rings. The van der Waals surface area contributed by atoms with Crippen molar-refractivity contribution in [2.24, 2.45) is 0 Å². The average Bonchev–Trinajstić information content (AvgIpc) is 2.93. The summed E-state index contributed by atoms with van der Waals surface area (Å²) in [7, 11) is 2.06. The second-order valence-corrected chi connectivity index (χ2v) is 5.37. The van der Waals surface area contributed by atoms with Gasteiger partial charge in [0.2, 0.25) is 0 Å². The SMILES string of the molecule is CN1CN(c2ccccc2)c2cnc(-c3ccccc3)nc21. The van der Waals surface area contributed by atoms with E-state index < -0.39 is 0 Å². The van der Waals surface area contributed by atoms with Crippen LogP contribution in [0.5, 0.6) is 0 Å². The maximum Gasteiger partial charge on any atom is 0.161 e. The number of rotatable bonds is 2. The molecular formula is C18H16N4. The van der Waals surface area contributed by atoms with Gasteiger partial charge < -0.3 is 9.80 Å². The minimum absolute atomic E-state index is 0.765. The molecule has 2 heterocycles. The molecule has 4 nitrogen and oxygen atoms in total. The molecule has 2 aromatic carbocycles. The molecular weight excluding hydrogens is 272 g/mol. The number of hydrogen-bond acceptors (Lipinski definition) is 4. The Hall–Kier alpha value is -2.88.